The topological polar surface area (TPSA) is 64.3 Å². The molecule has 0 amide bonds. The standard InChI is InChI=1S/C17H20N2O3/c1-22-17(21)9-12-6-7-16(20)15(8-12)13-10-18-19(11-13)14-4-2-3-5-14/h6-8,10-11,14,20H,2-5,9H2,1H3. The van der Waals surface area contributed by atoms with Crippen LogP contribution in [0.25, 0.3) is 11.1 Å². The first-order chi connectivity index (χ1) is 10.7. The maximum absolute atomic E-state index is 11.4. The lowest BCUT2D eigenvalue weighted by Gasteiger charge is -2.09. The van der Waals surface area contributed by atoms with Crippen molar-refractivity contribution < 1.29 is 14.6 Å². The first-order valence-corrected chi connectivity index (χ1v) is 7.60. The summed E-state index contributed by atoms with van der Waals surface area (Å²) in [6.07, 6.45) is 8.77. The molecule has 3 rings (SSSR count). The van der Waals surface area contributed by atoms with Crippen LogP contribution in [0.1, 0.15) is 37.3 Å². The number of aromatic nitrogens is 2. The lowest BCUT2D eigenvalue weighted by Crippen LogP contribution is -2.04. The van der Waals surface area contributed by atoms with E-state index < -0.39 is 0 Å². The van der Waals surface area contributed by atoms with Gasteiger partial charge in [-0.15, -0.1) is 0 Å². The molecule has 116 valence electrons. The van der Waals surface area contributed by atoms with Crippen LogP contribution in [0.5, 0.6) is 5.75 Å². The summed E-state index contributed by atoms with van der Waals surface area (Å²) in [6, 6.07) is 5.63. The summed E-state index contributed by atoms with van der Waals surface area (Å²) in [5.74, 6) is -0.0992. The Balaban J connectivity index is 1.87. The first kappa shape index (κ1) is 14.6. The first-order valence-electron chi connectivity index (χ1n) is 7.60. The van der Waals surface area contributed by atoms with Crippen LogP contribution in [-0.4, -0.2) is 28.0 Å². The number of hydrogen-bond acceptors (Lipinski definition) is 4. The van der Waals surface area contributed by atoms with Gasteiger partial charge in [-0.25, -0.2) is 0 Å². The average molecular weight is 300 g/mol. The Morgan fingerprint density at radius 2 is 2.18 bits per heavy atom. The number of hydrogen-bond donors (Lipinski definition) is 1. The lowest BCUT2D eigenvalue weighted by molar-refractivity contribution is -0.139. The molecule has 1 N–H and O–H groups in total. The van der Waals surface area contributed by atoms with Crippen LogP contribution in [0.3, 0.4) is 0 Å². The number of carbonyl (C=O) groups excluding carboxylic acids is 1. The number of carbonyl (C=O) groups is 1. The van der Waals surface area contributed by atoms with E-state index in [0.29, 0.717) is 11.6 Å². The third-order valence-corrected chi connectivity index (χ3v) is 4.25. The summed E-state index contributed by atoms with van der Waals surface area (Å²) < 4.78 is 6.68. The molecule has 5 nitrogen and oxygen atoms in total. The van der Waals surface area contributed by atoms with Gasteiger partial charge in [-0.3, -0.25) is 9.48 Å². The largest absolute Gasteiger partial charge is 0.507 e. The number of ether oxygens (including phenoxy) is 1. The van der Waals surface area contributed by atoms with E-state index in [0.717, 1.165) is 24.0 Å². The highest BCUT2D eigenvalue weighted by Gasteiger charge is 2.18. The number of aromatic hydroxyl groups is 1. The number of benzene rings is 1. The Morgan fingerprint density at radius 3 is 2.91 bits per heavy atom. The Bertz CT molecular complexity index is 672. The van der Waals surface area contributed by atoms with Gasteiger partial charge in [0.15, 0.2) is 0 Å². The minimum atomic E-state index is -0.293. The number of rotatable bonds is 4. The van der Waals surface area contributed by atoms with Crippen LogP contribution in [0, 0.1) is 0 Å². The van der Waals surface area contributed by atoms with E-state index in [1.54, 1.807) is 18.3 Å². The summed E-state index contributed by atoms with van der Waals surface area (Å²) in [7, 11) is 1.37. The molecule has 0 atom stereocenters. The maximum atomic E-state index is 11.4. The molecule has 0 unspecified atom stereocenters. The SMILES string of the molecule is COC(=O)Cc1ccc(O)c(-c2cnn(C3CCCC3)c2)c1. The second-order valence-corrected chi connectivity index (χ2v) is 5.75. The zero-order chi connectivity index (χ0) is 15.5. The van der Waals surface area contributed by atoms with E-state index in [1.165, 1.54) is 20.0 Å². The van der Waals surface area contributed by atoms with Crippen molar-refractivity contribution in [2.24, 2.45) is 0 Å². The van der Waals surface area contributed by atoms with Gasteiger partial charge >= 0.3 is 5.97 Å². The normalized spacial score (nSPS) is 15.1. The molecule has 1 aliphatic rings. The second kappa shape index (κ2) is 6.22. The Hall–Kier alpha value is -2.30. The van der Waals surface area contributed by atoms with Crippen LogP contribution in [-0.2, 0) is 16.0 Å². The van der Waals surface area contributed by atoms with E-state index >= 15 is 0 Å². The molecular weight excluding hydrogens is 280 g/mol. The molecule has 1 aromatic carbocycles. The van der Waals surface area contributed by atoms with Gasteiger partial charge in [-0.05, 0) is 30.5 Å². The highest BCUT2D eigenvalue weighted by Crippen LogP contribution is 2.33. The highest BCUT2D eigenvalue weighted by atomic mass is 16.5. The molecule has 0 spiro atoms. The van der Waals surface area contributed by atoms with Gasteiger partial charge < -0.3 is 9.84 Å². The molecule has 1 heterocycles. The molecule has 1 aromatic heterocycles. The van der Waals surface area contributed by atoms with E-state index in [2.05, 4.69) is 9.84 Å². The predicted molar refractivity (Wildman–Crippen MR) is 82.6 cm³/mol. The summed E-state index contributed by atoms with van der Waals surface area (Å²) in [5.41, 5.74) is 2.38. The van der Waals surface area contributed by atoms with Crippen LogP contribution < -0.4 is 0 Å². The summed E-state index contributed by atoms with van der Waals surface area (Å²) in [6.45, 7) is 0. The van der Waals surface area contributed by atoms with Crippen molar-refractivity contribution in [3.8, 4) is 16.9 Å². The van der Waals surface area contributed by atoms with Gasteiger partial charge in [0.25, 0.3) is 0 Å². The van der Waals surface area contributed by atoms with Gasteiger partial charge in [0, 0.05) is 17.3 Å². The third-order valence-electron chi connectivity index (χ3n) is 4.25. The van der Waals surface area contributed by atoms with Crippen molar-refractivity contribution in [2.45, 2.75) is 38.1 Å². The minimum absolute atomic E-state index is 0.194. The number of methoxy groups -OCH3 is 1. The smallest absolute Gasteiger partial charge is 0.309 e. The summed E-state index contributed by atoms with van der Waals surface area (Å²) in [5, 5.41) is 14.5. The van der Waals surface area contributed by atoms with E-state index in [1.807, 2.05) is 16.9 Å². The molecule has 0 aliphatic heterocycles. The molecule has 0 bridgehead atoms. The lowest BCUT2D eigenvalue weighted by atomic mass is 10.0. The van der Waals surface area contributed by atoms with E-state index in [4.69, 9.17) is 0 Å². The van der Waals surface area contributed by atoms with Gasteiger partial charge in [0.05, 0.1) is 25.8 Å². The van der Waals surface area contributed by atoms with E-state index in [-0.39, 0.29) is 18.1 Å². The monoisotopic (exact) mass is 300 g/mol. The number of phenolic OH excluding ortho intramolecular Hbond substituents is 1. The van der Waals surface area contributed by atoms with Crippen molar-refractivity contribution in [3.05, 3.63) is 36.2 Å². The fourth-order valence-corrected chi connectivity index (χ4v) is 3.01. The molecule has 1 aliphatic carbocycles. The zero-order valence-electron chi connectivity index (χ0n) is 12.7. The van der Waals surface area contributed by atoms with Gasteiger partial charge in [-0.2, -0.15) is 5.10 Å². The molecule has 0 radical (unpaired) electrons. The molecule has 5 heteroatoms. The molecule has 2 aromatic rings. The second-order valence-electron chi connectivity index (χ2n) is 5.75. The summed E-state index contributed by atoms with van der Waals surface area (Å²) >= 11 is 0. The van der Waals surface area contributed by atoms with Crippen LogP contribution in [0.4, 0.5) is 0 Å². The average Bonchev–Trinajstić information content (AvgIpc) is 3.19. The summed E-state index contributed by atoms with van der Waals surface area (Å²) in [4.78, 5) is 11.4. The van der Waals surface area contributed by atoms with Crippen molar-refractivity contribution >= 4 is 5.97 Å². The number of esters is 1. The molecule has 1 saturated carbocycles. The fraction of sp³-hybridized carbons (Fsp3) is 0.412. The molecule has 22 heavy (non-hydrogen) atoms. The number of nitrogens with zero attached hydrogens (tertiary/aromatic N) is 2. The Labute approximate surface area is 129 Å². The maximum Gasteiger partial charge on any atom is 0.309 e. The van der Waals surface area contributed by atoms with Crippen molar-refractivity contribution in [2.75, 3.05) is 7.11 Å². The van der Waals surface area contributed by atoms with Gasteiger partial charge in [0.1, 0.15) is 5.75 Å². The quantitative estimate of drug-likeness (QED) is 0.881. The van der Waals surface area contributed by atoms with Gasteiger partial charge in [0.2, 0.25) is 0 Å². The van der Waals surface area contributed by atoms with Crippen molar-refractivity contribution in [1.29, 1.82) is 0 Å². The van der Waals surface area contributed by atoms with Gasteiger partial charge in [-0.1, -0.05) is 18.9 Å². The Morgan fingerprint density at radius 1 is 1.41 bits per heavy atom. The van der Waals surface area contributed by atoms with Crippen molar-refractivity contribution in [3.63, 3.8) is 0 Å². The van der Waals surface area contributed by atoms with Crippen LogP contribution in [0.2, 0.25) is 0 Å². The molecule has 0 saturated heterocycles. The molecular formula is C17H20N2O3. The number of phenols is 1. The van der Waals surface area contributed by atoms with Crippen molar-refractivity contribution in [1.82, 2.24) is 9.78 Å². The predicted octanol–water partition coefficient (Wildman–Crippen LogP) is 3.09. The van der Waals surface area contributed by atoms with Crippen LogP contribution >= 0.6 is 0 Å². The molecule has 1 fully saturated rings. The minimum Gasteiger partial charge on any atom is -0.507 e. The zero-order valence-corrected chi connectivity index (χ0v) is 12.7. The van der Waals surface area contributed by atoms with E-state index in [9.17, 15) is 9.90 Å². The third kappa shape index (κ3) is 2.98. The highest BCUT2D eigenvalue weighted by molar-refractivity contribution is 5.75. The fourth-order valence-electron chi connectivity index (χ4n) is 3.01. The van der Waals surface area contributed by atoms with Crippen LogP contribution in [0.15, 0.2) is 30.6 Å². The Kier molecular flexibility index (Phi) is 4.13.